The van der Waals surface area contributed by atoms with Crippen molar-refractivity contribution in [1.29, 1.82) is 0 Å². The molecule has 0 saturated carbocycles. The number of rotatable bonds is 4. The molecule has 3 nitrogen and oxygen atoms in total. The summed E-state index contributed by atoms with van der Waals surface area (Å²) in [7, 11) is 0. The Bertz CT molecular complexity index is 326. The van der Waals surface area contributed by atoms with Gasteiger partial charge in [-0.1, -0.05) is 37.3 Å². The van der Waals surface area contributed by atoms with E-state index in [1.165, 1.54) is 0 Å². The molecule has 0 spiro atoms. The van der Waals surface area contributed by atoms with E-state index in [1.54, 1.807) is 31.2 Å². The monoisotopic (exact) mass is 226 g/mol. The van der Waals surface area contributed by atoms with Crippen LogP contribution in [0.15, 0.2) is 30.3 Å². The quantitative estimate of drug-likeness (QED) is 0.685. The Morgan fingerprint density at radius 2 is 1.87 bits per heavy atom. The van der Waals surface area contributed by atoms with Gasteiger partial charge < -0.3 is 10.2 Å². The molecule has 0 aliphatic rings. The molecule has 1 aromatic rings. The number of aliphatic hydroxyl groups is 1. The summed E-state index contributed by atoms with van der Waals surface area (Å²) >= 11 is 3.95. The molecular formula is C11H14O3S. The molecule has 0 amide bonds. The maximum atomic E-state index is 10.7. The molecule has 15 heavy (non-hydrogen) atoms. The number of carbonyl (C=O) groups is 1. The van der Waals surface area contributed by atoms with Crippen molar-refractivity contribution >= 4 is 18.6 Å². The van der Waals surface area contributed by atoms with Crippen LogP contribution in [0.4, 0.5) is 0 Å². The zero-order chi connectivity index (χ0) is 11.4. The van der Waals surface area contributed by atoms with E-state index in [0.29, 0.717) is 5.56 Å². The van der Waals surface area contributed by atoms with Crippen molar-refractivity contribution in [3.63, 3.8) is 0 Å². The number of thiol groups is 1. The zero-order valence-corrected chi connectivity index (χ0v) is 9.26. The fourth-order valence-electron chi connectivity index (χ4n) is 1.35. The molecule has 0 radical (unpaired) electrons. The largest absolute Gasteiger partial charge is 0.480 e. The molecular weight excluding hydrogens is 212 g/mol. The van der Waals surface area contributed by atoms with Gasteiger partial charge in [0.2, 0.25) is 0 Å². The summed E-state index contributed by atoms with van der Waals surface area (Å²) in [4.78, 5) is 10.7. The normalized spacial score (nSPS) is 16.7. The molecule has 82 valence electrons. The summed E-state index contributed by atoms with van der Waals surface area (Å²) in [5, 5.41) is 17.8. The van der Waals surface area contributed by atoms with Crippen LogP contribution in [-0.2, 0) is 4.79 Å². The van der Waals surface area contributed by atoms with Crippen LogP contribution in [0.5, 0.6) is 0 Å². The van der Waals surface area contributed by atoms with Crippen molar-refractivity contribution in [2.75, 3.05) is 0 Å². The molecule has 1 aromatic carbocycles. The Labute approximate surface area is 94.2 Å². The van der Waals surface area contributed by atoms with E-state index in [1.807, 2.05) is 6.07 Å². The molecule has 2 N–H and O–H groups in total. The third kappa shape index (κ3) is 2.97. The van der Waals surface area contributed by atoms with Crippen LogP contribution >= 0.6 is 12.6 Å². The number of hydrogen-bond acceptors (Lipinski definition) is 3. The lowest BCUT2D eigenvalue weighted by atomic mass is 9.94. The fraction of sp³-hybridized carbons (Fsp3) is 0.364. The molecule has 0 bridgehead atoms. The third-order valence-electron chi connectivity index (χ3n) is 2.39. The van der Waals surface area contributed by atoms with Gasteiger partial charge in [-0.05, 0) is 5.56 Å². The number of aliphatic hydroxyl groups excluding tert-OH is 1. The van der Waals surface area contributed by atoms with E-state index in [9.17, 15) is 9.90 Å². The van der Waals surface area contributed by atoms with Crippen LogP contribution < -0.4 is 0 Å². The van der Waals surface area contributed by atoms with Crippen LogP contribution in [0, 0.1) is 5.92 Å². The Kier molecular flexibility index (Phi) is 4.17. The van der Waals surface area contributed by atoms with E-state index in [-0.39, 0.29) is 0 Å². The highest BCUT2D eigenvalue weighted by Gasteiger charge is 2.27. The molecule has 0 aliphatic carbocycles. The van der Waals surface area contributed by atoms with Gasteiger partial charge in [-0.2, -0.15) is 12.6 Å². The first-order valence-electron chi connectivity index (χ1n) is 4.68. The van der Waals surface area contributed by atoms with Gasteiger partial charge in [0.05, 0.1) is 6.10 Å². The number of carboxylic acids is 1. The van der Waals surface area contributed by atoms with E-state index in [4.69, 9.17) is 5.11 Å². The first kappa shape index (κ1) is 12.1. The molecule has 0 aromatic heterocycles. The molecule has 0 heterocycles. The van der Waals surface area contributed by atoms with E-state index < -0.39 is 23.2 Å². The smallest absolute Gasteiger partial charge is 0.316 e. The predicted octanol–water partition coefficient (Wildman–Crippen LogP) is 1.74. The molecule has 3 atom stereocenters. The molecule has 0 aliphatic heterocycles. The third-order valence-corrected chi connectivity index (χ3v) is 3.08. The second-order valence-electron chi connectivity index (χ2n) is 3.50. The van der Waals surface area contributed by atoms with Crippen LogP contribution in [-0.4, -0.2) is 21.4 Å². The van der Waals surface area contributed by atoms with Crippen molar-refractivity contribution in [2.24, 2.45) is 5.92 Å². The van der Waals surface area contributed by atoms with E-state index >= 15 is 0 Å². The summed E-state index contributed by atoms with van der Waals surface area (Å²) < 4.78 is 0. The van der Waals surface area contributed by atoms with Crippen LogP contribution in [0.2, 0.25) is 0 Å². The highest BCUT2D eigenvalue weighted by molar-refractivity contribution is 7.81. The van der Waals surface area contributed by atoms with Gasteiger partial charge in [0.1, 0.15) is 5.25 Å². The summed E-state index contributed by atoms with van der Waals surface area (Å²) in [6, 6.07) is 8.99. The predicted molar refractivity (Wildman–Crippen MR) is 61.0 cm³/mol. The van der Waals surface area contributed by atoms with Crippen molar-refractivity contribution in [1.82, 2.24) is 0 Å². The maximum Gasteiger partial charge on any atom is 0.316 e. The van der Waals surface area contributed by atoms with Gasteiger partial charge in [0.25, 0.3) is 0 Å². The first-order chi connectivity index (χ1) is 7.04. The Hall–Kier alpha value is -1.00. The molecule has 0 fully saturated rings. The van der Waals surface area contributed by atoms with Gasteiger partial charge in [-0.15, -0.1) is 0 Å². The maximum absolute atomic E-state index is 10.7. The lowest BCUT2D eigenvalue weighted by Gasteiger charge is -2.21. The number of aliphatic carboxylic acids is 1. The minimum atomic E-state index is -1.01. The van der Waals surface area contributed by atoms with Crippen LogP contribution in [0.1, 0.15) is 18.6 Å². The standard InChI is InChI=1S/C11H14O3S/c1-7(10(15)11(13)14)9(12)8-5-3-2-4-6-8/h2-7,9-10,12,15H,1H3,(H,13,14). The van der Waals surface area contributed by atoms with Crippen LogP contribution in [0.25, 0.3) is 0 Å². The highest BCUT2D eigenvalue weighted by atomic mass is 32.1. The number of hydrogen-bond donors (Lipinski definition) is 3. The molecule has 3 unspecified atom stereocenters. The Balaban J connectivity index is 2.77. The van der Waals surface area contributed by atoms with Gasteiger partial charge in [0.15, 0.2) is 0 Å². The average Bonchev–Trinajstić information content (AvgIpc) is 2.27. The Morgan fingerprint density at radius 1 is 1.33 bits per heavy atom. The average molecular weight is 226 g/mol. The van der Waals surface area contributed by atoms with E-state index in [2.05, 4.69) is 12.6 Å². The van der Waals surface area contributed by atoms with Crippen molar-refractivity contribution in [3.8, 4) is 0 Å². The van der Waals surface area contributed by atoms with Crippen molar-refractivity contribution < 1.29 is 15.0 Å². The lowest BCUT2D eigenvalue weighted by molar-refractivity contribution is -0.138. The highest BCUT2D eigenvalue weighted by Crippen LogP contribution is 2.26. The number of carboxylic acid groups (broad SMARTS) is 1. The second-order valence-corrected chi connectivity index (χ2v) is 4.05. The zero-order valence-electron chi connectivity index (χ0n) is 8.37. The molecule has 0 saturated heterocycles. The van der Waals surface area contributed by atoms with Crippen molar-refractivity contribution in [2.45, 2.75) is 18.3 Å². The van der Waals surface area contributed by atoms with Gasteiger partial charge in [-0.3, -0.25) is 4.79 Å². The molecule has 4 heteroatoms. The van der Waals surface area contributed by atoms with E-state index in [0.717, 1.165) is 0 Å². The lowest BCUT2D eigenvalue weighted by Crippen LogP contribution is -2.27. The molecule has 1 rings (SSSR count). The summed E-state index contributed by atoms with van der Waals surface area (Å²) in [5.74, 6) is -1.45. The van der Waals surface area contributed by atoms with Gasteiger partial charge in [-0.25, -0.2) is 0 Å². The van der Waals surface area contributed by atoms with Gasteiger partial charge >= 0.3 is 5.97 Å². The summed E-state index contributed by atoms with van der Waals surface area (Å²) in [6.07, 6.45) is -0.801. The SMILES string of the molecule is CC(C(S)C(=O)O)C(O)c1ccccc1. The topological polar surface area (TPSA) is 57.5 Å². The minimum absolute atomic E-state index is 0.437. The fourth-order valence-corrected chi connectivity index (χ4v) is 1.51. The summed E-state index contributed by atoms with van der Waals surface area (Å²) in [6.45, 7) is 1.67. The number of benzene rings is 1. The van der Waals surface area contributed by atoms with Gasteiger partial charge in [0, 0.05) is 5.92 Å². The summed E-state index contributed by atoms with van der Waals surface area (Å²) in [5.41, 5.74) is 0.713. The second kappa shape index (κ2) is 5.19. The van der Waals surface area contributed by atoms with Crippen molar-refractivity contribution in [3.05, 3.63) is 35.9 Å². The van der Waals surface area contributed by atoms with Crippen LogP contribution in [0.3, 0.4) is 0 Å². The Morgan fingerprint density at radius 3 is 2.33 bits per heavy atom. The first-order valence-corrected chi connectivity index (χ1v) is 5.19. The minimum Gasteiger partial charge on any atom is -0.480 e.